The van der Waals surface area contributed by atoms with Gasteiger partial charge in [-0.1, -0.05) is 38.3 Å². The first-order chi connectivity index (χ1) is 9.59. The van der Waals surface area contributed by atoms with Crippen molar-refractivity contribution in [2.45, 2.75) is 64.9 Å². The summed E-state index contributed by atoms with van der Waals surface area (Å²) in [6.07, 6.45) is 8.40. The second-order valence-corrected chi connectivity index (χ2v) is 5.32. The monoisotopic (exact) mass is 282 g/mol. The number of hydrogen-bond donors (Lipinski definition) is 1. The van der Waals surface area contributed by atoms with Gasteiger partial charge in [0.1, 0.15) is 0 Å². The molecule has 1 fully saturated rings. The van der Waals surface area contributed by atoms with Crippen LogP contribution in [0.5, 0.6) is 0 Å². The minimum Gasteiger partial charge on any atom is -0.465 e. The fraction of sp³-hybridized carbons (Fsp3) is 0.750. The number of carbonyl (C=O) groups excluding carboxylic acids is 2. The lowest BCUT2D eigenvalue weighted by atomic mass is 9.82. The van der Waals surface area contributed by atoms with E-state index in [-0.39, 0.29) is 18.8 Å². The largest absolute Gasteiger partial charge is 0.465 e. The SMILES string of the molecule is CCCCCCC=C[C@]1(C(=O)OCC)C(=O)CC[C@@H]1O. The predicted molar refractivity (Wildman–Crippen MR) is 77.2 cm³/mol. The molecule has 1 N–H and O–H groups in total. The van der Waals surface area contributed by atoms with Gasteiger partial charge in [0, 0.05) is 6.42 Å². The van der Waals surface area contributed by atoms with E-state index in [1.165, 1.54) is 12.8 Å². The van der Waals surface area contributed by atoms with Crippen molar-refractivity contribution in [1.82, 2.24) is 0 Å². The van der Waals surface area contributed by atoms with Crippen LogP contribution in [0.1, 0.15) is 58.8 Å². The molecule has 0 aliphatic heterocycles. The molecule has 0 amide bonds. The molecular formula is C16H26O4. The van der Waals surface area contributed by atoms with Gasteiger partial charge in [0.2, 0.25) is 0 Å². The second kappa shape index (κ2) is 8.20. The molecule has 0 aromatic rings. The molecule has 4 heteroatoms. The van der Waals surface area contributed by atoms with Crippen molar-refractivity contribution in [3.63, 3.8) is 0 Å². The summed E-state index contributed by atoms with van der Waals surface area (Å²) in [5.41, 5.74) is -1.46. The number of aliphatic hydroxyl groups is 1. The number of hydrogen-bond acceptors (Lipinski definition) is 4. The highest BCUT2D eigenvalue weighted by Crippen LogP contribution is 2.38. The maximum Gasteiger partial charge on any atom is 0.326 e. The van der Waals surface area contributed by atoms with Crippen LogP contribution in [0.3, 0.4) is 0 Å². The molecule has 1 aliphatic rings. The lowest BCUT2D eigenvalue weighted by molar-refractivity contribution is -0.160. The molecule has 114 valence electrons. The van der Waals surface area contributed by atoms with Gasteiger partial charge < -0.3 is 9.84 Å². The predicted octanol–water partition coefficient (Wildman–Crippen LogP) is 2.79. The van der Waals surface area contributed by atoms with Gasteiger partial charge in [-0.15, -0.1) is 0 Å². The first kappa shape index (κ1) is 16.9. The van der Waals surface area contributed by atoms with Crippen LogP contribution in [-0.2, 0) is 14.3 Å². The molecule has 1 rings (SSSR count). The highest BCUT2D eigenvalue weighted by Gasteiger charge is 2.54. The van der Waals surface area contributed by atoms with Gasteiger partial charge in [0.05, 0.1) is 12.7 Å². The summed E-state index contributed by atoms with van der Waals surface area (Å²) in [4.78, 5) is 24.2. The summed E-state index contributed by atoms with van der Waals surface area (Å²) in [5.74, 6) is -0.840. The Morgan fingerprint density at radius 2 is 2.15 bits per heavy atom. The Morgan fingerprint density at radius 1 is 1.40 bits per heavy atom. The fourth-order valence-electron chi connectivity index (χ4n) is 2.62. The number of carbonyl (C=O) groups is 2. The second-order valence-electron chi connectivity index (χ2n) is 5.32. The van der Waals surface area contributed by atoms with Crippen LogP contribution in [0.15, 0.2) is 12.2 Å². The van der Waals surface area contributed by atoms with Crippen LogP contribution in [-0.4, -0.2) is 29.6 Å². The summed E-state index contributed by atoms with van der Waals surface area (Å²) >= 11 is 0. The quantitative estimate of drug-likeness (QED) is 0.322. The molecule has 1 saturated carbocycles. The topological polar surface area (TPSA) is 63.6 Å². The molecule has 0 heterocycles. The Bertz CT molecular complexity index is 361. The van der Waals surface area contributed by atoms with Crippen molar-refractivity contribution in [2.75, 3.05) is 6.61 Å². The van der Waals surface area contributed by atoms with Crippen molar-refractivity contribution in [2.24, 2.45) is 5.41 Å². The van der Waals surface area contributed by atoms with Crippen molar-refractivity contribution in [1.29, 1.82) is 0 Å². The van der Waals surface area contributed by atoms with Crippen LogP contribution >= 0.6 is 0 Å². The first-order valence-corrected chi connectivity index (χ1v) is 7.65. The third-order valence-electron chi connectivity index (χ3n) is 3.85. The zero-order valence-electron chi connectivity index (χ0n) is 12.6. The summed E-state index contributed by atoms with van der Waals surface area (Å²) < 4.78 is 4.99. The lowest BCUT2D eigenvalue weighted by Gasteiger charge is -2.25. The van der Waals surface area contributed by atoms with Gasteiger partial charge >= 0.3 is 5.97 Å². The summed E-state index contributed by atoms with van der Waals surface area (Å²) in [7, 11) is 0. The van der Waals surface area contributed by atoms with E-state index in [1.807, 2.05) is 6.08 Å². The Kier molecular flexibility index (Phi) is 6.93. The molecule has 0 saturated heterocycles. The molecule has 0 spiro atoms. The number of unbranched alkanes of at least 4 members (excludes halogenated alkanes) is 4. The summed E-state index contributed by atoms with van der Waals surface area (Å²) in [5, 5.41) is 10.1. The van der Waals surface area contributed by atoms with Gasteiger partial charge in [0.15, 0.2) is 11.2 Å². The standard InChI is InChI=1S/C16H26O4/c1-3-5-6-7-8-9-12-16(15(19)20-4-2)13(17)10-11-14(16)18/h9,12-13,17H,3-8,10-11H2,1-2H3/t13-,16+/m0/s1. The number of aliphatic hydroxyl groups excluding tert-OH is 1. The average molecular weight is 282 g/mol. The van der Waals surface area contributed by atoms with Crippen molar-refractivity contribution in [3.8, 4) is 0 Å². The molecule has 0 radical (unpaired) electrons. The van der Waals surface area contributed by atoms with Crippen molar-refractivity contribution >= 4 is 11.8 Å². The minimum atomic E-state index is -1.46. The lowest BCUT2D eigenvalue weighted by Crippen LogP contribution is -2.43. The van der Waals surface area contributed by atoms with Crippen LogP contribution in [0.4, 0.5) is 0 Å². The Labute approximate surface area is 121 Å². The van der Waals surface area contributed by atoms with E-state index in [0.29, 0.717) is 6.42 Å². The fourth-order valence-corrected chi connectivity index (χ4v) is 2.62. The minimum absolute atomic E-state index is 0.213. The van der Waals surface area contributed by atoms with Crippen LogP contribution < -0.4 is 0 Å². The van der Waals surface area contributed by atoms with Crippen LogP contribution in [0, 0.1) is 5.41 Å². The molecule has 0 aromatic carbocycles. The molecule has 1 aliphatic carbocycles. The number of ketones is 1. The number of ether oxygens (including phenoxy) is 1. The Hall–Kier alpha value is -1.16. The van der Waals surface area contributed by atoms with Gasteiger partial charge in [-0.2, -0.15) is 0 Å². The average Bonchev–Trinajstić information content (AvgIpc) is 2.71. The van der Waals surface area contributed by atoms with Gasteiger partial charge in [0.25, 0.3) is 0 Å². The van der Waals surface area contributed by atoms with Crippen LogP contribution in [0.2, 0.25) is 0 Å². The van der Waals surface area contributed by atoms with E-state index >= 15 is 0 Å². The normalized spacial score (nSPS) is 26.4. The maximum atomic E-state index is 12.1. The Balaban J connectivity index is 2.71. The molecule has 0 unspecified atom stereocenters. The molecule has 0 bridgehead atoms. The number of Topliss-reactive ketones (excluding diaryl/α,β-unsaturated/α-hetero) is 1. The van der Waals surface area contributed by atoms with E-state index in [1.54, 1.807) is 13.0 Å². The van der Waals surface area contributed by atoms with Crippen LogP contribution in [0.25, 0.3) is 0 Å². The highest BCUT2D eigenvalue weighted by molar-refractivity contribution is 6.08. The third kappa shape index (κ3) is 3.69. The summed E-state index contributed by atoms with van der Waals surface area (Å²) in [6, 6.07) is 0. The van der Waals surface area contributed by atoms with E-state index in [0.717, 1.165) is 19.3 Å². The van der Waals surface area contributed by atoms with Gasteiger partial charge in [-0.05, 0) is 26.2 Å². The third-order valence-corrected chi connectivity index (χ3v) is 3.85. The molecular weight excluding hydrogens is 256 g/mol. The van der Waals surface area contributed by atoms with Gasteiger partial charge in [-0.3, -0.25) is 9.59 Å². The number of allylic oxidation sites excluding steroid dienone is 1. The van der Waals surface area contributed by atoms with E-state index in [9.17, 15) is 14.7 Å². The summed E-state index contributed by atoms with van der Waals surface area (Å²) in [6.45, 7) is 4.07. The Morgan fingerprint density at radius 3 is 2.70 bits per heavy atom. The van der Waals surface area contributed by atoms with Gasteiger partial charge in [-0.25, -0.2) is 0 Å². The number of esters is 1. The van der Waals surface area contributed by atoms with Crippen molar-refractivity contribution < 1.29 is 19.4 Å². The zero-order chi connectivity index (χ0) is 15.0. The first-order valence-electron chi connectivity index (χ1n) is 7.65. The van der Waals surface area contributed by atoms with E-state index in [2.05, 4.69) is 6.92 Å². The van der Waals surface area contributed by atoms with E-state index in [4.69, 9.17) is 4.74 Å². The van der Waals surface area contributed by atoms with E-state index < -0.39 is 17.5 Å². The van der Waals surface area contributed by atoms with Crippen molar-refractivity contribution in [3.05, 3.63) is 12.2 Å². The zero-order valence-corrected chi connectivity index (χ0v) is 12.6. The molecule has 4 nitrogen and oxygen atoms in total. The smallest absolute Gasteiger partial charge is 0.326 e. The molecule has 2 atom stereocenters. The highest BCUT2D eigenvalue weighted by atomic mass is 16.5. The molecule has 0 aromatic heterocycles. The molecule has 20 heavy (non-hydrogen) atoms. The number of rotatable bonds is 8. The maximum absolute atomic E-state index is 12.1.